The maximum Gasteiger partial charge on any atom is 0.0397 e. The van der Waals surface area contributed by atoms with Crippen LogP contribution in [0.3, 0.4) is 0 Å². The average Bonchev–Trinajstić information content (AvgIpc) is 1.31. The molecule has 0 bridgehead atoms. The normalized spacial score (nSPS) is 40.5. The highest BCUT2D eigenvalue weighted by molar-refractivity contribution is 8.70. The van der Waals surface area contributed by atoms with Crippen molar-refractivity contribution in [2.75, 3.05) is 6.16 Å². The highest BCUT2D eigenvalue weighted by atomic mass is 33.1. The Bertz CT molecular complexity index is 42.1. The van der Waals surface area contributed by atoms with Crippen LogP contribution >= 0.6 is 39.0 Å². The Morgan fingerprint density at radius 3 is 2.50 bits per heavy atom. The van der Waals surface area contributed by atoms with Crippen LogP contribution in [0.4, 0.5) is 0 Å². The Labute approximate surface area is 50.5 Å². The van der Waals surface area contributed by atoms with Crippen LogP contribution in [0.15, 0.2) is 0 Å². The lowest BCUT2D eigenvalue weighted by Gasteiger charge is -2.21. The van der Waals surface area contributed by atoms with Gasteiger partial charge in [-0.25, -0.2) is 0 Å². The summed E-state index contributed by atoms with van der Waals surface area (Å²) in [5.74, 6) is 0. The summed E-state index contributed by atoms with van der Waals surface area (Å²) in [5, 5.41) is 0. The number of rotatable bonds is 1. The summed E-state index contributed by atoms with van der Waals surface area (Å²) in [6.45, 7) is 0. The minimum Gasteiger partial charge on any atom is -0.111 e. The van der Waals surface area contributed by atoms with E-state index in [4.69, 9.17) is 0 Å². The molecule has 1 fully saturated rings. The lowest BCUT2D eigenvalue weighted by molar-refractivity contribution is 1.43. The molecule has 0 aromatic carbocycles. The summed E-state index contributed by atoms with van der Waals surface area (Å²) < 4.78 is 0. The summed E-state index contributed by atoms with van der Waals surface area (Å²) in [5.41, 5.74) is 0. The highest BCUT2D eigenvalue weighted by Crippen LogP contribution is 2.58. The third kappa shape index (κ3) is 1.26. The van der Waals surface area contributed by atoms with Gasteiger partial charge in [-0.05, 0) is 6.16 Å². The van der Waals surface area contributed by atoms with Gasteiger partial charge in [-0.2, -0.15) is 0 Å². The summed E-state index contributed by atoms with van der Waals surface area (Å²) in [6, 6.07) is 0. The van der Waals surface area contributed by atoms with E-state index in [0.717, 1.165) is 4.99 Å². The maximum atomic E-state index is 4.07. The van der Waals surface area contributed by atoms with Gasteiger partial charge in [0, 0.05) is 4.99 Å². The molecular formula is C2H6P2S2. The van der Waals surface area contributed by atoms with Crippen molar-refractivity contribution in [1.29, 1.82) is 0 Å². The predicted molar refractivity (Wildman–Crippen MR) is 41.9 cm³/mol. The second-order valence-electron chi connectivity index (χ2n) is 1.12. The van der Waals surface area contributed by atoms with Crippen molar-refractivity contribution in [3.63, 3.8) is 0 Å². The monoisotopic (exact) mass is 156 g/mol. The zero-order chi connectivity index (χ0) is 4.41. The molecule has 1 aliphatic heterocycles. The molecule has 0 N–H and O–H groups in total. The Balaban J connectivity index is 2.01. The van der Waals surface area contributed by atoms with Gasteiger partial charge in [0.2, 0.25) is 0 Å². The van der Waals surface area contributed by atoms with Crippen molar-refractivity contribution >= 4 is 39.0 Å². The first kappa shape index (κ1) is 5.69. The van der Waals surface area contributed by atoms with E-state index in [9.17, 15) is 0 Å². The van der Waals surface area contributed by atoms with Crippen molar-refractivity contribution in [3.05, 3.63) is 0 Å². The van der Waals surface area contributed by atoms with Gasteiger partial charge in [0.05, 0.1) is 0 Å². The van der Waals surface area contributed by atoms with Gasteiger partial charge in [-0.15, -0.1) is 11.7 Å². The first-order valence-electron chi connectivity index (χ1n) is 1.72. The van der Waals surface area contributed by atoms with E-state index in [1.807, 2.05) is 0 Å². The van der Waals surface area contributed by atoms with E-state index in [1.54, 1.807) is 10.8 Å². The van der Waals surface area contributed by atoms with Crippen molar-refractivity contribution in [1.82, 2.24) is 0 Å². The lowest BCUT2D eigenvalue weighted by atomic mass is 10.9. The number of thiol groups is 1. The standard InChI is InChI=1S/C2H6P2S2/c5-6-2-1-3-4-2/h2-5H,1H2. The highest BCUT2D eigenvalue weighted by Gasteiger charge is 2.14. The third-order valence-corrected chi connectivity index (χ3v) is 8.11. The Kier molecular flexibility index (Phi) is 2.63. The first-order chi connectivity index (χ1) is 2.93. The van der Waals surface area contributed by atoms with Gasteiger partial charge >= 0.3 is 0 Å². The molecule has 4 heteroatoms. The van der Waals surface area contributed by atoms with Crippen molar-refractivity contribution < 1.29 is 0 Å². The van der Waals surface area contributed by atoms with Crippen LogP contribution in [0.2, 0.25) is 0 Å². The van der Waals surface area contributed by atoms with Crippen LogP contribution in [0, 0.1) is 0 Å². The van der Waals surface area contributed by atoms with Gasteiger partial charge in [-0.3, -0.25) is 0 Å². The van der Waals surface area contributed by atoms with E-state index < -0.39 is 0 Å². The topological polar surface area (TPSA) is 0 Å². The SMILES string of the molecule is SSC1CPP1. The zero-order valence-corrected chi connectivity index (χ0v) is 6.85. The van der Waals surface area contributed by atoms with Crippen LogP contribution < -0.4 is 0 Å². The molecule has 3 unspecified atom stereocenters. The minimum atomic E-state index is 0.937. The minimum absolute atomic E-state index is 0.937. The summed E-state index contributed by atoms with van der Waals surface area (Å²) in [6.07, 6.45) is 1.44. The molecule has 1 rings (SSSR count). The molecule has 0 radical (unpaired) electrons. The molecule has 0 saturated carbocycles. The first-order valence-corrected chi connectivity index (χ1v) is 6.94. The molecule has 0 nitrogen and oxygen atoms in total. The molecule has 0 aliphatic carbocycles. The fourth-order valence-electron chi connectivity index (χ4n) is 0.249. The molecule has 6 heavy (non-hydrogen) atoms. The number of hydrogen-bond acceptors (Lipinski definition) is 2. The fourth-order valence-corrected chi connectivity index (χ4v) is 6.31. The van der Waals surface area contributed by atoms with Gasteiger partial charge in [0.1, 0.15) is 0 Å². The van der Waals surface area contributed by atoms with Gasteiger partial charge in [0.15, 0.2) is 0 Å². The van der Waals surface area contributed by atoms with E-state index in [0.29, 0.717) is 0 Å². The lowest BCUT2D eigenvalue weighted by Crippen LogP contribution is -1.99. The zero-order valence-electron chi connectivity index (χ0n) is 3.14. The molecule has 0 amide bonds. The van der Waals surface area contributed by atoms with Crippen molar-refractivity contribution in [3.8, 4) is 0 Å². The molecule has 0 spiro atoms. The largest absolute Gasteiger partial charge is 0.111 e. The van der Waals surface area contributed by atoms with E-state index >= 15 is 0 Å². The van der Waals surface area contributed by atoms with Crippen LogP contribution in [0.5, 0.6) is 0 Å². The maximum absolute atomic E-state index is 4.07. The molecule has 0 aromatic heterocycles. The Morgan fingerprint density at radius 2 is 2.50 bits per heavy atom. The van der Waals surface area contributed by atoms with Gasteiger partial charge in [-0.1, -0.05) is 27.3 Å². The third-order valence-electron chi connectivity index (χ3n) is 0.678. The van der Waals surface area contributed by atoms with E-state index in [1.165, 1.54) is 22.7 Å². The summed E-state index contributed by atoms with van der Waals surface area (Å²) >= 11 is 4.07. The molecular weight excluding hydrogens is 150 g/mol. The summed E-state index contributed by atoms with van der Waals surface area (Å²) in [7, 11) is 4.22. The predicted octanol–water partition coefficient (Wildman–Crippen LogP) is 2.18. The molecule has 1 aliphatic rings. The fraction of sp³-hybridized carbons (Fsp3) is 1.00. The molecule has 36 valence electrons. The number of hydrogen-bond donors (Lipinski definition) is 1. The Hall–Kier alpha value is 1.56. The molecule has 0 aromatic rings. The van der Waals surface area contributed by atoms with Crippen LogP contribution in [-0.4, -0.2) is 11.2 Å². The van der Waals surface area contributed by atoms with Crippen LogP contribution in [-0.2, 0) is 0 Å². The second-order valence-corrected chi connectivity index (χ2v) is 6.62. The van der Waals surface area contributed by atoms with Crippen molar-refractivity contribution in [2.24, 2.45) is 0 Å². The average molecular weight is 156 g/mol. The molecule has 3 atom stereocenters. The smallest absolute Gasteiger partial charge is 0.0397 e. The second kappa shape index (κ2) is 2.77. The van der Waals surface area contributed by atoms with E-state index in [2.05, 4.69) is 11.7 Å². The molecule has 1 saturated heterocycles. The van der Waals surface area contributed by atoms with Crippen LogP contribution in [0.25, 0.3) is 0 Å². The van der Waals surface area contributed by atoms with Crippen LogP contribution in [0.1, 0.15) is 0 Å². The van der Waals surface area contributed by atoms with Crippen molar-refractivity contribution in [2.45, 2.75) is 4.99 Å². The van der Waals surface area contributed by atoms with Gasteiger partial charge < -0.3 is 0 Å². The summed E-state index contributed by atoms with van der Waals surface area (Å²) in [4.78, 5) is 0.937. The quantitative estimate of drug-likeness (QED) is 0.345. The van der Waals surface area contributed by atoms with E-state index in [-0.39, 0.29) is 0 Å². The van der Waals surface area contributed by atoms with Gasteiger partial charge in [0.25, 0.3) is 0 Å². The Morgan fingerprint density at radius 1 is 1.83 bits per heavy atom. The molecule has 1 heterocycles.